The van der Waals surface area contributed by atoms with Crippen LogP contribution < -0.4 is 19.1 Å². The molecule has 160 valence electrons. The first kappa shape index (κ1) is 21.5. The van der Waals surface area contributed by atoms with Crippen LogP contribution in [0.5, 0.6) is 17.2 Å². The molecule has 7 nitrogen and oxygen atoms in total. The summed E-state index contributed by atoms with van der Waals surface area (Å²) in [6.07, 6.45) is 0.793. The van der Waals surface area contributed by atoms with Crippen LogP contribution in [-0.4, -0.2) is 52.1 Å². The van der Waals surface area contributed by atoms with Crippen LogP contribution in [0.4, 0.5) is 5.69 Å². The van der Waals surface area contributed by atoms with Gasteiger partial charge in [-0.1, -0.05) is 6.07 Å². The van der Waals surface area contributed by atoms with Gasteiger partial charge in [0.15, 0.2) is 11.5 Å². The first-order valence-electron chi connectivity index (χ1n) is 9.80. The Morgan fingerprint density at radius 3 is 2.20 bits per heavy atom. The zero-order chi connectivity index (χ0) is 21.8. The van der Waals surface area contributed by atoms with Gasteiger partial charge in [-0.25, -0.2) is 0 Å². The van der Waals surface area contributed by atoms with E-state index in [-0.39, 0.29) is 17.7 Å². The zero-order valence-corrected chi connectivity index (χ0v) is 18.0. The lowest BCUT2D eigenvalue weighted by Gasteiger charge is -2.41. The molecule has 2 amide bonds. The Morgan fingerprint density at radius 1 is 0.967 bits per heavy atom. The second kappa shape index (κ2) is 9.07. The van der Waals surface area contributed by atoms with Gasteiger partial charge in [-0.3, -0.25) is 9.59 Å². The number of ether oxygens (including phenoxy) is 3. The molecule has 7 heteroatoms. The van der Waals surface area contributed by atoms with Gasteiger partial charge in [-0.05, 0) is 48.4 Å². The molecular formula is C23H28N2O5. The number of methoxy groups -OCH3 is 3. The van der Waals surface area contributed by atoms with Crippen LogP contribution in [0.25, 0.3) is 0 Å². The van der Waals surface area contributed by atoms with Crippen molar-refractivity contribution in [2.75, 3.05) is 40.3 Å². The molecule has 0 N–H and O–H groups in total. The summed E-state index contributed by atoms with van der Waals surface area (Å²) >= 11 is 0. The Balaban J connectivity index is 2.14. The molecule has 30 heavy (non-hydrogen) atoms. The van der Waals surface area contributed by atoms with Crippen LogP contribution in [-0.2, 0) is 9.59 Å². The molecule has 1 fully saturated rings. The Hall–Kier alpha value is -3.22. The summed E-state index contributed by atoms with van der Waals surface area (Å²) in [6, 6.07) is 12.4. The molecule has 2 atom stereocenters. The molecule has 0 aliphatic carbocycles. The number of carbonyl (C=O) groups excluding carboxylic acids is 2. The molecule has 1 heterocycles. The standard InChI is InChI=1S/C23H28N2O5/c1-24(2)23(27)18-11-13-21(26)25(16-7-9-17(28-3)10-8-16)22(18)15-6-12-19(29-4)20(14-15)30-5/h6-10,12,14,18,22H,11,13H2,1-5H3/t18-,22+/m1/s1. The van der Waals surface area contributed by atoms with Crippen molar-refractivity contribution in [2.45, 2.75) is 18.9 Å². The van der Waals surface area contributed by atoms with Crippen molar-refractivity contribution in [2.24, 2.45) is 5.92 Å². The lowest BCUT2D eigenvalue weighted by atomic mass is 9.82. The van der Waals surface area contributed by atoms with Crippen LogP contribution in [0.2, 0.25) is 0 Å². The largest absolute Gasteiger partial charge is 0.497 e. The first-order chi connectivity index (χ1) is 14.4. The quantitative estimate of drug-likeness (QED) is 0.728. The van der Waals surface area contributed by atoms with Crippen molar-refractivity contribution < 1.29 is 23.8 Å². The normalized spacial score (nSPS) is 18.7. The predicted molar refractivity (Wildman–Crippen MR) is 114 cm³/mol. The number of hydrogen-bond acceptors (Lipinski definition) is 5. The highest BCUT2D eigenvalue weighted by molar-refractivity contribution is 5.97. The molecule has 0 radical (unpaired) electrons. The predicted octanol–water partition coefficient (Wildman–Crippen LogP) is 3.28. The summed E-state index contributed by atoms with van der Waals surface area (Å²) in [6.45, 7) is 0. The lowest BCUT2D eigenvalue weighted by molar-refractivity contribution is -0.136. The number of hydrogen-bond donors (Lipinski definition) is 0. The van der Waals surface area contributed by atoms with E-state index in [1.54, 1.807) is 51.3 Å². The molecule has 1 aliphatic heterocycles. The molecule has 0 bridgehead atoms. The van der Waals surface area contributed by atoms with Crippen LogP contribution >= 0.6 is 0 Å². The van der Waals surface area contributed by atoms with Crippen molar-refractivity contribution in [1.82, 2.24) is 4.90 Å². The SMILES string of the molecule is COc1ccc(N2C(=O)CC[C@@H](C(=O)N(C)C)[C@@H]2c2ccc(OC)c(OC)c2)cc1. The van der Waals surface area contributed by atoms with Gasteiger partial charge in [0, 0.05) is 26.2 Å². The van der Waals surface area contributed by atoms with Crippen molar-refractivity contribution in [3.05, 3.63) is 48.0 Å². The maximum absolute atomic E-state index is 13.1. The first-order valence-corrected chi connectivity index (χ1v) is 9.80. The van der Waals surface area contributed by atoms with E-state index in [0.717, 1.165) is 11.3 Å². The number of anilines is 1. The van der Waals surface area contributed by atoms with E-state index in [1.165, 1.54) is 0 Å². The van der Waals surface area contributed by atoms with E-state index in [1.807, 2.05) is 36.4 Å². The van der Waals surface area contributed by atoms with E-state index < -0.39 is 6.04 Å². The van der Waals surface area contributed by atoms with Crippen LogP contribution in [0.15, 0.2) is 42.5 Å². The lowest BCUT2D eigenvalue weighted by Crippen LogP contribution is -2.48. The zero-order valence-electron chi connectivity index (χ0n) is 18.0. The molecule has 2 aromatic carbocycles. The second-order valence-corrected chi connectivity index (χ2v) is 7.40. The summed E-state index contributed by atoms with van der Waals surface area (Å²) < 4.78 is 16.1. The average Bonchev–Trinajstić information content (AvgIpc) is 2.77. The van der Waals surface area contributed by atoms with E-state index in [9.17, 15) is 9.59 Å². The van der Waals surface area contributed by atoms with Crippen LogP contribution in [0, 0.1) is 5.92 Å². The Kier molecular flexibility index (Phi) is 6.50. The van der Waals surface area contributed by atoms with Gasteiger partial charge in [0.25, 0.3) is 0 Å². The number of carbonyl (C=O) groups is 2. The molecular weight excluding hydrogens is 384 g/mol. The number of benzene rings is 2. The van der Waals surface area contributed by atoms with Crippen LogP contribution in [0.1, 0.15) is 24.4 Å². The molecule has 1 saturated heterocycles. The summed E-state index contributed by atoms with van der Waals surface area (Å²) in [5.41, 5.74) is 1.54. The molecule has 2 aromatic rings. The van der Waals surface area contributed by atoms with Gasteiger partial charge in [0.2, 0.25) is 11.8 Å². The molecule has 0 unspecified atom stereocenters. The number of nitrogens with zero attached hydrogens (tertiary/aromatic N) is 2. The fourth-order valence-electron chi connectivity index (χ4n) is 3.95. The van der Waals surface area contributed by atoms with E-state index in [4.69, 9.17) is 14.2 Å². The van der Waals surface area contributed by atoms with Crippen molar-refractivity contribution in [3.63, 3.8) is 0 Å². The van der Waals surface area contributed by atoms with Crippen molar-refractivity contribution in [3.8, 4) is 17.2 Å². The molecule has 0 aromatic heterocycles. The van der Waals surface area contributed by atoms with E-state index in [2.05, 4.69) is 0 Å². The third kappa shape index (κ3) is 4.06. The number of amides is 2. The van der Waals surface area contributed by atoms with Gasteiger partial charge in [0.1, 0.15) is 5.75 Å². The second-order valence-electron chi connectivity index (χ2n) is 7.40. The molecule has 3 rings (SSSR count). The smallest absolute Gasteiger partial charge is 0.227 e. The summed E-state index contributed by atoms with van der Waals surface area (Å²) in [5, 5.41) is 0. The van der Waals surface area contributed by atoms with Gasteiger partial charge in [-0.2, -0.15) is 0 Å². The van der Waals surface area contributed by atoms with Gasteiger partial charge in [0.05, 0.1) is 33.3 Å². The minimum atomic E-state index is -0.464. The van der Waals surface area contributed by atoms with Crippen molar-refractivity contribution in [1.29, 1.82) is 0 Å². The van der Waals surface area contributed by atoms with E-state index in [0.29, 0.717) is 30.1 Å². The fourth-order valence-corrected chi connectivity index (χ4v) is 3.95. The van der Waals surface area contributed by atoms with E-state index >= 15 is 0 Å². The average molecular weight is 412 g/mol. The minimum Gasteiger partial charge on any atom is -0.497 e. The third-order valence-electron chi connectivity index (χ3n) is 5.45. The Bertz CT molecular complexity index is 910. The Labute approximate surface area is 177 Å². The fraction of sp³-hybridized carbons (Fsp3) is 0.391. The van der Waals surface area contributed by atoms with Gasteiger partial charge in [-0.15, -0.1) is 0 Å². The summed E-state index contributed by atoms with van der Waals surface area (Å²) in [7, 11) is 8.21. The monoisotopic (exact) mass is 412 g/mol. The van der Waals surface area contributed by atoms with Gasteiger partial charge >= 0.3 is 0 Å². The Morgan fingerprint density at radius 2 is 1.63 bits per heavy atom. The molecule has 0 saturated carbocycles. The van der Waals surface area contributed by atoms with Crippen LogP contribution in [0.3, 0.4) is 0 Å². The third-order valence-corrected chi connectivity index (χ3v) is 5.45. The summed E-state index contributed by atoms with van der Waals surface area (Å²) in [5.74, 6) is 1.43. The highest BCUT2D eigenvalue weighted by Gasteiger charge is 2.42. The maximum atomic E-state index is 13.1. The maximum Gasteiger partial charge on any atom is 0.227 e. The number of piperidine rings is 1. The summed E-state index contributed by atoms with van der Waals surface area (Å²) in [4.78, 5) is 29.4. The van der Waals surface area contributed by atoms with Crippen molar-refractivity contribution >= 4 is 17.5 Å². The topological polar surface area (TPSA) is 68.3 Å². The number of rotatable bonds is 6. The molecule has 0 spiro atoms. The van der Waals surface area contributed by atoms with Gasteiger partial charge < -0.3 is 24.0 Å². The highest BCUT2D eigenvalue weighted by atomic mass is 16.5. The molecule has 1 aliphatic rings. The minimum absolute atomic E-state index is 0.0132. The highest BCUT2D eigenvalue weighted by Crippen LogP contribution is 2.43.